The van der Waals surface area contributed by atoms with Crippen molar-refractivity contribution < 1.29 is 9.59 Å². The van der Waals surface area contributed by atoms with Gasteiger partial charge in [-0.2, -0.15) is 0 Å². The number of aromatic nitrogens is 1. The summed E-state index contributed by atoms with van der Waals surface area (Å²) in [6, 6.07) is 2.08. The van der Waals surface area contributed by atoms with Crippen molar-refractivity contribution in [3.63, 3.8) is 0 Å². The maximum atomic E-state index is 12.5. The van der Waals surface area contributed by atoms with E-state index in [0.29, 0.717) is 25.2 Å². The Kier molecular flexibility index (Phi) is 5.22. The summed E-state index contributed by atoms with van der Waals surface area (Å²) in [6.07, 6.45) is 5.55. The van der Waals surface area contributed by atoms with E-state index < -0.39 is 0 Å². The molecule has 1 saturated carbocycles. The van der Waals surface area contributed by atoms with Gasteiger partial charge < -0.3 is 20.5 Å². The third-order valence-corrected chi connectivity index (χ3v) is 5.12. The van der Waals surface area contributed by atoms with E-state index in [0.717, 1.165) is 32.2 Å². The summed E-state index contributed by atoms with van der Waals surface area (Å²) in [7, 11) is 0. The van der Waals surface area contributed by atoms with Crippen molar-refractivity contribution in [3.05, 3.63) is 33.7 Å². The first kappa shape index (κ1) is 17.7. The number of nitrogens with two attached hydrogens (primary N) is 1. The number of rotatable bonds is 6. The molecule has 3 rings (SSSR count). The number of hydrogen-bond donors (Lipinski definition) is 2. The predicted molar refractivity (Wildman–Crippen MR) is 94.4 cm³/mol. The molecule has 1 aromatic rings. The van der Waals surface area contributed by atoms with E-state index in [2.05, 4.69) is 10.2 Å². The summed E-state index contributed by atoms with van der Waals surface area (Å²) in [4.78, 5) is 38.5. The van der Waals surface area contributed by atoms with Crippen LogP contribution < -0.4 is 16.6 Å². The Morgan fingerprint density at radius 3 is 2.76 bits per heavy atom. The lowest BCUT2D eigenvalue weighted by atomic mass is 9.97. The van der Waals surface area contributed by atoms with Crippen molar-refractivity contribution >= 4 is 11.8 Å². The maximum absolute atomic E-state index is 12.5. The molecule has 1 aliphatic carbocycles. The van der Waals surface area contributed by atoms with Crippen LogP contribution in [0.15, 0.2) is 17.1 Å². The van der Waals surface area contributed by atoms with Gasteiger partial charge >= 0.3 is 0 Å². The second kappa shape index (κ2) is 7.39. The van der Waals surface area contributed by atoms with Crippen LogP contribution >= 0.6 is 0 Å². The van der Waals surface area contributed by atoms with Gasteiger partial charge in [-0.3, -0.25) is 14.4 Å². The van der Waals surface area contributed by atoms with Gasteiger partial charge in [0, 0.05) is 31.9 Å². The highest BCUT2D eigenvalue weighted by atomic mass is 16.2. The van der Waals surface area contributed by atoms with Gasteiger partial charge in [0.15, 0.2) is 0 Å². The van der Waals surface area contributed by atoms with Gasteiger partial charge in [0.1, 0.15) is 5.56 Å². The topological polar surface area (TPSA) is 97.4 Å². The number of carbonyl (C=O) groups excluding carboxylic acids is 2. The standard InChI is InChI=1S/C18H26N4O3/c1-12-6-9-22(14-4-5-14)18(25)15(12)17(24)20-7-10-21-8-2-3-13(11-21)16(19)23/h6,9,13-14H,2-5,7-8,10-11H2,1H3,(H2,19,23)(H,20,24). The lowest BCUT2D eigenvalue weighted by Gasteiger charge is -2.31. The molecule has 3 N–H and O–H groups in total. The minimum absolute atomic E-state index is 0.105. The molecule has 7 heteroatoms. The van der Waals surface area contributed by atoms with Gasteiger partial charge in [-0.15, -0.1) is 0 Å². The quantitative estimate of drug-likeness (QED) is 0.780. The summed E-state index contributed by atoms with van der Waals surface area (Å²) in [5.74, 6) is -0.679. The number of piperidine rings is 1. The van der Waals surface area contributed by atoms with Crippen molar-refractivity contribution in [2.45, 2.75) is 38.6 Å². The van der Waals surface area contributed by atoms with Crippen molar-refractivity contribution in [2.24, 2.45) is 11.7 Å². The number of aryl methyl sites for hydroxylation is 1. The molecule has 2 amide bonds. The van der Waals surface area contributed by atoms with Crippen LogP contribution in [-0.2, 0) is 4.79 Å². The third kappa shape index (κ3) is 4.10. The zero-order chi connectivity index (χ0) is 18.0. The molecule has 0 spiro atoms. The van der Waals surface area contributed by atoms with Crippen molar-refractivity contribution in [2.75, 3.05) is 26.2 Å². The average Bonchev–Trinajstić information content (AvgIpc) is 3.40. The first-order valence-electron chi connectivity index (χ1n) is 8.99. The number of primary amides is 1. The molecule has 25 heavy (non-hydrogen) atoms. The van der Waals surface area contributed by atoms with E-state index >= 15 is 0 Å². The first-order valence-corrected chi connectivity index (χ1v) is 8.99. The average molecular weight is 346 g/mol. The second-order valence-electron chi connectivity index (χ2n) is 7.12. The van der Waals surface area contributed by atoms with E-state index in [4.69, 9.17) is 5.73 Å². The fourth-order valence-electron chi connectivity index (χ4n) is 3.46. The van der Waals surface area contributed by atoms with E-state index in [1.54, 1.807) is 17.7 Å². The summed E-state index contributed by atoms with van der Waals surface area (Å²) in [5.41, 5.74) is 6.12. The van der Waals surface area contributed by atoms with Gasteiger partial charge in [-0.05, 0) is 50.8 Å². The Hall–Kier alpha value is -2.15. The molecule has 0 radical (unpaired) electrons. The van der Waals surface area contributed by atoms with Crippen molar-refractivity contribution in [3.8, 4) is 0 Å². The largest absolute Gasteiger partial charge is 0.369 e. The molecular weight excluding hydrogens is 320 g/mol. The number of hydrogen-bond acceptors (Lipinski definition) is 4. The summed E-state index contributed by atoms with van der Waals surface area (Å²) in [6.45, 7) is 4.43. The van der Waals surface area contributed by atoms with E-state index in [1.165, 1.54) is 0 Å². The predicted octanol–water partition coefficient (Wildman–Crippen LogP) is 0.419. The molecule has 1 unspecified atom stereocenters. The molecule has 1 aromatic heterocycles. The SMILES string of the molecule is Cc1ccn(C2CC2)c(=O)c1C(=O)NCCN1CCCC(C(N)=O)C1. The number of amides is 2. The number of carbonyl (C=O) groups is 2. The normalized spacial score (nSPS) is 21.1. The number of pyridine rings is 1. The fraction of sp³-hybridized carbons (Fsp3) is 0.611. The molecule has 2 aliphatic rings. The van der Waals surface area contributed by atoms with Gasteiger partial charge in [-0.25, -0.2) is 0 Å². The third-order valence-electron chi connectivity index (χ3n) is 5.12. The maximum Gasteiger partial charge on any atom is 0.263 e. The van der Waals surface area contributed by atoms with Crippen LogP contribution in [0.2, 0.25) is 0 Å². The highest BCUT2D eigenvalue weighted by molar-refractivity contribution is 5.95. The molecule has 2 fully saturated rings. The molecule has 2 heterocycles. The molecular formula is C18H26N4O3. The van der Waals surface area contributed by atoms with Crippen molar-refractivity contribution in [1.29, 1.82) is 0 Å². The minimum Gasteiger partial charge on any atom is -0.369 e. The van der Waals surface area contributed by atoms with Gasteiger partial charge in [-0.1, -0.05) is 0 Å². The number of nitrogens with one attached hydrogen (secondary N) is 1. The molecule has 1 aliphatic heterocycles. The molecule has 0 bridgehead atoms. The molecule has 0 aromatic carbocycles. The smallest absolute Gasteiger partial charge is 0.263 e. The molecule has 1 saturated heterocycles. The van der Waals surface area contributed by atoms with Crippen LogP contribution in [0.1, 0.15) is 47.6 Å². The summed E-state index contributed by atoms with van der Waals surface area (Å²) >= 11 is 0. The van der Waals surface area contributed by atoms with Crippen molar-refractivity contribution in [1.82, 2.24) is 14.8 Å². The van der Waals surface area contributed by atoms with Crippen LogP contribution in [0.3, 0.4) is 0 Å². The zero-order valence-corrected chi connectivity index (χ0v) is 14.7. The highest BCUT2D eigenvalue weighted by Crippen LogP contribution is 2.33. The molecule has 1 atom stereocenters. The number of nitrogens with zero attached hydrogens (tertiary/aromatic N) is 2. The zero-order valence-electron chi connectivity index (χ0n) is 14.7. The van der Waals surface area contributed by atoms with Gasteiger partial charge in [0.05, 0.1) is 5.92 Å². The van der Waals surface area contributed by atoms with Crippen LogP contribution in [0.5, 0.6) is 0 Å². The summed E-state index contributed by atoms with van der Waals surface area (Å²) in [5, 5.41) is 2.85. The Morgan fingerprint density at radius 2 is 2.08 bits per heavy atom. The van der Waals surface area contributed by atoms with Gasteiger partial charge in [0.2, 0.25) is 5.91 Å². The van der Waals surface area contributed by atoms with Crippen LogP contribution in [0.25, 0.3) is 0 Å². The monoisotopic (exact) mass is 346 g/mol. The van der Waals surface area contributed by atoms with Crippen LogP contribution in [0.4, 0.5) is 0 Å². The van der Waals surface area contributed by atoms with E-state index in [9.17, 15) is 14.4 Å². The Bertz CT molecular complexity index is 724. The Labute approximate surface area is 147 Å². The Morgan fingerprint density at radius 1 is 1.32 bits per heavy atom. The first-order chi connectivity index (χ1) is 12.0. The van der Waals surface area contributed by atoms with E-state index in [-0.39, 0.29) is 34.9 Å². The number of likely N-dealkylation sites (tertiary alicyclic amines) is 1. The van der Waals surface area contributed by atoms with Crippen LogP contribution in [0, 0.1) is 12.8 Å². The van der Waals surface area contributed by atoms with Crippen LogP contribution in [-0.4, -0.2) is 47.5 Å². The van der Waals surface area contributed by atoms with E-state index in [1.807, 2.05) is 6.07 Å². The lowest BCUT2D eigenvalue weighted by Crippen LogP contribution is -2.44. The highest BCUT2D eigenvalue weighted by Gasteiger charge is 2.27. The summed E-state index contributed by atoms with van der Waals surface area (Å²) < 4.78 is 1.67. The second-order valence-corrected chi connectivity index (χ2v) is 7.12. The van der Waals surface area contributed by atoms with Gasteiger partial charge in [0.25, 0.3) is 11.5 Å². The lowest BCUT2D eigenvalue weighted by molar-refractivity contribution is -0.123. The fourth-order valence-corrected chi connectivity index (χ4v) is 3.46. The molecule has 136 valence electrons. The molecule has 7 nitrogen and oxygen atoms in total. The minimum atomic E-state index is -0.319. The Balaban J connectivity index is 1.57.